The van der Waals surface area contributed by atoms with E-state index in [1.165, 1.54) is 34.4 Å². The maximum absolute atomic E-state index is 13.0. The molecule has 0 spiro atoms. The summed E-state index contributed by atoms with van der Waals surface area (Å²) in [7, 11) is 1.89. The molecule has 0 N–H and O–H groups in total. The van der Waals surface area contributed by atoms with Gasteiger partial charge in [0.1, 0.15) is 5.01 Å². The van der Waals surface area contributed by atoms with Gasteiger partial charge in [-0.2, -0.15) is 0 Å². The van der Waals surface area contributed by atoms with Gasteiger partial charge in [-0.3, -0.25) is 4.79 Å². The molecule has 25 heavy (non-hydrogen) atoms. The third-order valence-electron chi connectivity index (χ3n) is 5.03. The first-order valence-electron chi connectivity index (χ1n) is 8.87. The zero-order valence-corrected chi connectivity index (χ0v) is 16.3. The number of hydrogen-bond acceptors (Lipinski definition) is 4. The van der Waals surface area contributed by atoms with Crippen molar-refractivity contribution in [3.05, 3.63) is 50.7 Å². The van der Waals surface area contributed by atoms with E-state index in [0.29, 0.717) is 0 Å². The lowest BCUT2D eigenvalue weighted by Crippen LogP contribution is -2.29. The van der Waals surface area contributed by atoms with E-state index in [4.69, 9.17) is 4.98 Å². The number of carbonyl (C=O) groups excluding carboxylic acids is 1. The van der Waals surface area contributed by atoms with Gasteiger partial charge < -0.3 is 4.90 Å². The van der Waals surface area contributed by atoms with Crippen molar-refractivity contribution in [1.29, 1.82) is 0 Å². The molecule has 0 radical (unpaired) electrons. The van der Waals surface area contributed by atoms with Gasteiger partial charge in [-0.05, 0) is 56.4 Å². The minimum absolute atomic E-state index is 0.0215. The highest BCUT2D eigenvalue weighted by molar-refractivity contribution is 7.18. The summed E-state index contributed by atoms with van der Waals surface area (Å²) in [5.41, 5.74) is 2.41. The molecule has 1 aliphatic carbocycles. The highest BCUT2D eigenvalue weighted by Gasteiger charge is 2.24. The maximum atomic E-state index is 13.0. The van der Waals surface area contributed by atoms with Crippen molar-refractivity contribution in [2.75, 3.05) is 7.05 Å². The number of thiophene rings is 1. The van der Waals surface area contributed by atoms with Crippen molar-refractivity contribution in [3.8, 4) is 0 Å². The summed E-state index contributed by atoms with van der Waals surface area (Å²) in [6, 6.07) is 10.3. The highest BCUT2D eigenvalue weighted by Crippen LogP contribution is 2.33. The monoisotopic (exact) mass is 370 g/mol. The minimum atomic E-state index is -0.0215. The molecule has 0 aliphatic heterocycles. The number of thiazole rings is 1. The Labute approximate surface area is 156 Å². The minimum Gasteiger partial charge on any atom is -0.332 e. The van der Waals surface area contributed by atoms with Crippen LogP contribution in [0.4, 0.5) is 0 Å². The van der Waals surface area contributed by atoms with Gasteiger partial charge in [-0.25, -0.2) is 4.98 Å². The van der Waals surface area contributed by atoms with Crippen molar-refractivity contribution in [1.82, 2.24) is 9.88 Å². The molecule has 0 fully saturated rings. The third-order valence-corrected chi connectivity index (χ3v) is 7.46. The normalized spacial score (nSPS) is 15.6. The second-order valence-electron chi connectivity index (χ2n) is 6.73. The molecule has 3 aromatic rings. The first-order valence-corrected chi connectivity index (χ1v) is 10.5. The number of aromatic nitrogens is 1. The van der Waals surface area contributed by atoms with Crippen molar-refractivity contribution in [2.24, 2.45) is 0 Å². The van der Waals surface area contributed by atoms with Gasteiger partial charge in [0.15, 0.2) is 0 Å². The van der Waals surface area contributed by atoms with Gasteiger partial charge in [-0.15, -0.1) is 22.7 Å². The van der Waals surface area contributed by atoms with E-state index < -0.39 is 0 Å². The van der Waals surface area contributed by atoms with Gasteiger partial charge in [0.2, 0.25) is 0 Å². The Morgan fingerprint density at radius 2 is 1.96 bits per heavy atom. The number of rotatable bonds is 3. The average Bonchev–Trinajstić information content (AvgIpc) is 3.18. The summed E-state index contributed by atoms with van der Waals surface area (Å²) in [4.78, 5) is 21.8. The molecule has 3 nitrogen and oxygen atoms in total. The van der Waals surface area contributed by atoms with Gasteiger partial charge >= 0.3 is 0 Å². The van der Waals surface area contributed by atoms with E-state index in [1.54, 1.807) is 22.7 Å². The van der Waals surface area contributed by atoms with E-state index in [0.717, 1.165) is 28.2 Å². The van der Waals surface area contributed by atoms with Crippen LogP contribution in [-0.2, 0) is 12.8 Å². The van der Waals surface area contributed by atoms with Crippen LogP contribution in [0.2, 0.25) is 0 Å². The SMILES string of the molecule is C[C@H](c1nc2ccccc2s1)N(C)C(=O)c1cc2c(s1)CCCCC2. The molecule has 130 valence electrons. The molecule has 1 atom stereocenters. The van der Waals surface area contributed by atoms with E-state index in [1.807, 2.05) is 30.1 Å². The number of para-hydroxylation sites is 1. The van der Waals surface area contributed by atoms with Crippen LogP contribution >= 0.6 is 22.7 Å². The standard InChI is InChI=1S/C20H22N2OS2/c1-13(19-21-15-9-6-7-11-17(15)25-19)22(2)20(23)18-12-14-8-4-3-5-10-16(14)24-18/h6-7,9,11-13H,3-5,8,10H2,1-2H3/t13-/m1/s1. The molecule has 1 aromatic carbocycles. The summed E-state index contributed by atoms with van der Waals surface area (Å²) in [6.07, 6.45) is 6.05. The Hall–Kier alpha value is -1.72. The number of aryl methyl sites for hydroxylation is 2. The summed E-state index contributed by atoms with van der Waals surface area (Å²) >= 11 is 3.37. The van der Waals surface area contributed by atoms with Crippen LogP contribution in [0.1, 0.15) is 57.3 Å². The van der Waals surface area contributed by atoms with E-state index >= 15 is 0 Å². The van der Waals surface area contributed by atoms with Gasteiger partial charge in [0.25, 0.3) is 5.91 Å². The molecule has 2 heterocycles. The average molecular weight is 371 g/mol. The summed E-state index contributed by atoms with van der Waals surface area (Å²) in [5.74, 6) is 0.116. The molecule has 0 bridgehead atoms. The summed E-state index contributed by atoms with van der Waals surface area (Å²) in [6.45, 7) is 2.06. The van der Waals surface area contributed by atoms with Gasteiger partial charge in [0, 0.05) is 11.9 Å². The fourth-order valence-electron chi connectivity index (χ4n) is 3.36. The molecule has 2 aromatic heterocycles. The lowest BCUT2D eigenvalue weighted by molar-refractivity contribution is 0.0747. The number of fused-ring (bicyclic) bond motifs is 2. The van der Waals surface area contributed by atoms with Crippen LogP contribution < -0.4 is 0 Å². The fraction of sp³-hybridized carbons (Fsp3) is 0.400. The van der Waals surface area contributed by atoms with Crippen LogP contribution in [-0.4, -0.2) is 22.8 Å². The highest BCUT2D eigenvalue weighted by atomic mass is 32.1. The summed E-state index contributed by atoms with van der Waals surface area (Å²) < 4.78 is 1.17. The second-order valence-corrected chi connectivity index (χ2v) is 8.93. The van der Waals surface area contributed by atoms with Crippen LogP contribution in [0.25, 0.3) is 10.2 Å². The number of amides is 1. The zero-order chi connectivity index (χ0) is 17.4. The zero-order valence-electron chi connectivity index (χ0n) is 14.6. The first kappa shape index (κ1) is 16.7. The molecule has 0 saturated carbocycles. The molecule has 1 aliphatic rings. The van der Waals surface area contributed by atoms with Gasteiger partial charge in [0.05, 0.1) is 21.1 Å². The quantitative estimate of drug-likeness (QED) is 0.574. The molecule has 0 unspecified atom stereocenters. The number of hydrogen-bond donors (Lipinski definition) is 0. The molecule has 4 rings (SSSR count). The number of carbonyl (C=O) groups is 1. The molecule has 0 saturated heterocycles. The Balaban J connectivity index is 1.57. The first-order chi connectivity index (χ1) is 12.1. The fourth-order valence-corrected chi connectivity index (χ4v) is 5.66. The predicted molar refractivity (Wildman–Crippen MR) is 106 cm³/mol. The van der Waals surface area contributed by atoms with Crippen LogP contribution in [0.5, 0.6) is 0 Å². The van der Waals surface area contributed by atoms with Crippen molar-refractivity contribution < 1.29 is 4.79 Å². The van der Waals surface area contributed by atoms with Gasteiger partial charge in [-0.1, -0.05) is 18.6 Å². The van der Waals surface area contributed by atoms with E-state index in [9.17, 15) is 4.79 Å². The Kier molecular flexibility index (Phi) is 4.61. The van der Waals surface area contributed by atoms with E-state index in [2.05, 4.69) is 19.1 Å². The van der Waals surface area contributed by atoms with Crippen LogP contribution in [0.3, 0.4) is 0 Å². The van der Waals surface area contributed by atoms with Crippen molar-refractivity contribution in [3.63, 3.8) is 0 Å². The maximum Gasteiger partial charge on any atom is 0.264 e. The van der Waals surface area contributed by atoms with Crippen molar-refractivity contribution in [2.45, 2.75) is 45.1 Å². The lowest BCUT2D eigenvalue weighted by Gasteiger charge is -2.22. The Bertz CT molecular complexity index is 855. The Morgan fingerprint density at radius 3 is 2.80 bits per heavy atom. The number of benzene rings is 1. The molecular formula is C20H22N2OS2. The molecule has 1 amide bonds. The third kappa shape index (κ3) is 3.23. The second kappa shape index (κ2) is 6.89. The number of nitrogens with zero attached hydrogens (tertiary/aromatic N) is 2. The smallest absolute Gasteiger partial charge is 0.264 e. The predicted octanol–water partition coefficient (Wildman–Crippen LogP) is 5.46. The topological polar surface area (TPSA) is 33.2 Å². The van der Waals surface area contributed by atoms with Crippen LogP contribution in [0, 0.1) is 0 Å². The molecular weight excluding hydrogens is 348 g/mol. The Morgan fingerprint density at radius 1 is 1.16 bits per heavy atom. The lowest BCUT2D eigenvalue weighted by atomic mass is 10.1. The van der Waals surface area contributed by atoms with Crippen molar-refractivity contribution >= 4 is 38.8 Å². The van der Waals surface area contributed by atoms with E-state index in [-0.39, 0.29) is 11.9 Å². The summed E-state index contributed by atoms with van der Waals surface area (Å²) in [5, 5.41) is 0.996. The van der Waals surface area contributed by atoms with Crippen LogP contribution in [0.15, 0.2) is 30.3 Å². The molecule has 5 heteroatoms. The largest absolute Gasteiger partial charge is 0.332 e.